The summed E-state index contributed by atoms with van der Waals surface area (Å²) in [5.74, 6) is -0.232. The molecule has 0 aromatic carbocycles. The molecule has 0 aliphatic heterocycles. The first kappa shape index (κ1) is 48.4. The van der Waals surface area contributed by atoms with E-state index in [1.54, 1.807) is 6.08 Å². The first-order valence-electron chi connectivity index (χ1n) is 19.1. The number of carbonyl (C=O) groups excluding carboxylic acids is 1. The number of phosphoric acid groups is 1. The Bertz CT molecular complexity index is 1150. The highest BCUT2D eigenvalue weighted by atomic mass is 31.2. The highest BCUT2D eigenvalue weighted by Crippen LogP contribution is 2.43. The second kappa shape index (κ2) is 33.3. The third-order valence-corrected chi connectivity index (χ3v) is 8.51. The van der Waals surface area contributed by atoms with Crippen molar-refractivity contribution in [3.8, 4) is 0 Å². The maximum absolute atomic E-state index is 12.8. The molecule has 8 nitrogen and oxygen atoms in total. The SMILES string of the molecule is CC/C=C\C/C=C\C/C=C\C/C=C\C/C=C\CCCCCC(=O)NC(COP(=O)(O)OCC[N+](C)(C)C)C(O)/C=C/CC/C=C/CC/C=C/CC. The number of aliphatic hydroxyl groups is 1. The Kier molecular flexibility index (Phi) is 31.6. The van der Waals surface area contributed by atoms with Crippen molar-refractivity contribution in [2.75, 3.05) is 40.9 Å². The fourth-order valence-electron chi connectivity index (χ4n) is 4.51. The Labute approximate surface area is 311 Å². The fourth-order valence-corrected chi connectivity index (χ4v) is 5.25. The van der Waals surface area contributed by atoms with Crippen LogP contribution in [-0.4, -0.2) is 73.4 Å². The number of quaternary nitrogens is 1. The minimum Gasteiger partial charge on any atom is -0.387 e. The van der Waals surface area contributed by atoms with Crippen molar-refractivity contribution < 1.29 is 32.9 Å². The summed E-state index contributed by atoms with van der Waals surface area (Å²) >= 11 is 0. The molecule has 0 aliphatic carbocycles. The van der Waals surface area contributed by atoms with Crippen molar-refractivity contribution in [1.29, 1.82) is 0 Å². The molecule has 0 aliphatic rings. The Hall–Kier alpha value is -2.58. The number of amides is 1. The molecule has 0 rings (SSSR count). The molecule has 0 aromatic heterocycles. The lowest BCUT2D eigenvalue weighted by Gasteiger charge is -2.25. The van der Waals surface area contributed by atoms with E-state index in [-0.39, 0.29) is 19.1 Å². The predicted molar refractivity (Wildman–Crippen MR) is 216 cm³/mol. The van der Waals surface area contributed by atoms with Gasteiger partial charge in [0.2, 0.25) is 5.91 Å². The van der Waals surface area contributed by atoms with Crippen molar-refractivity contribution >= 4 is 13.7 Å². The molecule has 0 spiro atoms. The number of allylic oxidation sites excluding steroid dienone is 15. The van der Waals surface area contributed by atoms with E-state index in [0.717, 1.165) is 83.5 Å². The number of carbonyl (C=O) groups is 1. The van der Waals surface area contributed by atoms with Gasteiger partial charge in [0.05, 0.1) is 39.9 Å². The maximum Gasteiger partial charge on any atom is 0.472 e. The van der Waals surface area contributed by atoms with Crippen LogP contribution in [0.1, 0.15) is 110 Å². The van der Waals surface area contributed by atoms with Crippen LogP contribution in [0.3, 0.4) is 0 Å². The highest BCUT2D eigenvalue weighted by molar-refractivity contribution is 7.47. The molecule has 3 atom stereocenters. The standard InChI is InChI=1S/C42H71N2O6P/c1-6-8-10-12-14-16-18-19-20-21-22-23-24-25-26-28-30-32-34-36-42(46)43-40(39-50-51(47,48)49-38-37-44(3,4)5)41(45)35-33-31-29-27-17-15-13-11-9-7-2/h8-11,14,16-17,19-20,22-23,25-27,33,35,40-41,45H,6-7,12-13,15,18,21,24,28-32,34,36-39H2,1-5H3,(H-,43,46,47,48)/p+1/b10-8-,11-9+,16-14-,20-19-,23-22-,26-25-,27-17+,35-33+. The average Bonchev–Trinajstić information content (AvgIpc) is 3.07. The molecule has 0 heterocycles. The third kappa shape index (κ3) is 35.6. The zero-order valence-corrected chi connectivity index (χ0v) is 33.4. The van der Waals surface area contributed by atoms with E-state index in [9.17, 15) is 19.4 Å². The van der Waals surface area contributed by atoms with E-state index in [4.69, 9.17) is 9.05 Å². The number of aliphatic hydroxyl groups excluding tert-OH is 1. The van der Waals surface area contributed by atoms with Crippen LogP contribution >= 0.6 is 7.82 Å². The lowest BCUT2D eigenvalue weighted by Crippen LogP contribution is -2.45. The van der Waals surface area contributed by atoms with Gasteiger partial charge in [0, 0.05) is 6.42 Å². The van der Waals surface area contributed by atoms with Crippen molar-refractivity contribution in [3.05, 3.63) is 97.2 Å². The van der Waals surface area contributed by atoms with E-state index in [0.29, 0.717) is 23.9 Å². The largest absolute Gasteiger partial charge is 0.472 e. The highest BCUT2D eigenvalue weighted by Gasteiger charge is 2.27. The average molecular weight is 732 g/mol. The maximum atomic E-state index is 12.8. The number of hydrogen-bond donors (Lipinski definition) is 3. The number of phosphoric ester groups is 1. The molecule has 0 aromatic rings. The molecule has 3 unspecified atom stereocenters. The minimum absolute atomic E-state index is 0.0405. The Morgan fingerprint density at radius 3 is 1.69 bits per heavy atom. The number of rotatable bonds is 32. The first-order chi connectivity index (χ1) is 24.5. The number of hydrogen-bond acceptors (Lipinski definition) is 5. The number of nitrogens with zero attached hydrogens (tertiary/aromatic N) is 1. The predicted octanol–water partition coefficient (Wildman–Crippen LogP) is 10.0. The Morgan fingerprint density at radius 2 is 1.14 bits per heavy atom. The molecule has 0 bridgehead atoms. The van der Waals surface area contributed by atoms with E-state index in [1.165, 1.54) is 0 Å². The van der Waals surface area contributed by atoms with Crippen molar-refractivity contribution in [1.82, 2.24) is 5.32 Å². The fraction of sp³-hybridized carbons (Fsp3) is 0.595. The summed E-state index contributed by atoms with van der Waals surface area (Å²) in [5.41, 5.74) is 0. The van der Waals surface area contributed by atoms with Gasteiger partial charge in [-0.05, 0) is 83.5 Å². The molecule has 0 saturated carbocycles. The molecular formula is C42H72N2O6P+. The summed E-state index contributed by atoms with van der Waals surface area (Å²) in [5, 5.41) is 13.7. The van der Waals surface area contributed by atoms with Gasteiger partial charge in [0.1, 0.15) is 13.2 Å². The number of unbranched alkanes of at least 4 members (excludes halogenated alkanes) is 5. The lowest BCUT2D eigenvalue weighted by atomic mass is 10.1. The Morgan fingerprint density at radius 1 is 0.667 bits per heavy atom. The van der Waals surface area contributed by atoms with Crippen LogP contribution in [0.15, 0.2) is 97.2 Å². The molecule has 1 amide bonds. The van der Waals surface area contributed by atoms with Gasteiger partial charge in [0.15, 0.2) is 0 Å². The first-order valence-corrected chi connectivity index (χ1v) is 20.6. The second-order valence-electron chi connectivity index (χ2n) is 13.5. The third-order valence-electron chi connectivity index (χ3n) is 7.53. The molecular weight excluding hydrogens is 659 g/mol. The van der Waals surface area contributed by atoms with Gasteiger partial charge < -0.3 is 19.8 Å². The van der Waals surface area contributed by atoms with E-state index in [1.807, 2.05) is 27.2 Å². The van der Waals surface area contributed by atoms with Gasteiger partial charge in [0.25, 0.3) is 0 Å². The summed E-state index contributed by atoms with van der Waals surface area (Å²) in [6.07, 6.45) is 46.3. The second-order valence-corrected chi connectivity index (χ2v) is 15.0. The zero-order valence-electron chi connectivity index (χ0n) is 32.5. The molecule has 9 heteroatoms. The van der Waals surface area contributed by atoms with Crippen LogP contribution in [0.2, 0.25) is 0 Å². The summed E-state index contributed by atoms with van der Waals surface area (Å²) in [6.45, 7) is 4.47. The summed E-state index contributed by atoms with van der Waals surface area (Å²) < 4.78 is 23.4. The van der Waals surface area contributed by atoms with Gasteiger partial charge in [-0.1, -0.05) is 117 Å². The van der Waals surface area contributed by atoms with E-state index < -0.39 is 20.0 Å². The van der Waals surface area contributed by atoms with Crippen molar-refractivity contribution in [2.45, 2.75) is 122 Å². The quantitative estimate of drug-likeness (QED) is 0.0275. The van der Waals surface area contributed by atoms with Crippen molar-refractivity contribution in [3.63, 3.8) is 0 Å². The van der Waals surface area contributed by atoms with Gasteiger partial charge in [-0.2, -0.15) is 0 Å². The molecule has 0 saturated heterocycles. The number of nitrogens with one attached hydrogen (secondary N) is 1. The Balaban J connectivity index is 4.60. The van der Waals surface area contributed by atoms with Gasteiger partial charge in [-0.3, -0.25) is 13.8 Å². The molecule has 0 radical (unpaired) electrons. The smallest absolute Gasteiger partial charge is 0.387 e. The molecule has 290 valence electrons. The van der Waals surface area contributed by atoms with Crippen LogP contribution in [0.4, 0.5) is 0 Å². The summed E-state index contributed by atoms with van der Waals surface area (Å²) in [4.78, 5) is 23.0. The van der Waals surface area contributed by atoms with Gasteiger partial charge >= 0.3 is 7.82 Å². The van der Waals surface area contributed by atoms with Gasteiger partial charge in [-0.15, -0.1) is 0 Å². The van der Waals surface area contributed by atoms with Gasteiger partial charge in [-0.25, -0.2) is 4.57 Å². The molecule has 51 heavy (non-hydrogen) atoms. The number of likely N-dealkylation sites (N-methyl/N-ethyl adjacent to an activating group) is 1. The zero-order chi connectivity index (χ0) is 37.9. The normalized spacial score (nSPS) is 15.7. The topological polar surface area (TPSA) is 105 Å². The monoisotopic (exact) mass is 732 g/mol. The van der Waals surface area contributed by atoms with Crippen LogP contribution < -0.4 is 5.32 Å². The summed E-state index contributed by atoms with van der Waals surface area (Å²) in [7, 11) is 1.50. The lowest BCUT2D eigenvalue weighted by molar-refractivity contribution is -0.870. The molecule has 0 fully saturated rings. The molecule has 3 N–H and O–H groups in total. The van der Waals surface area contributed by atoms with Crippen LogP contribution in [-0.2, 0) is 18.4 Å². The minimum atomic E-state index is -4.36. The van der Waals surface area contributed by atoms with E-state index >= 15 is 0 Å². The van der Waals surface area contributed by atoms with Crippen LogP contribution in [0.5, 0.6) is 0 Å². The van der Waals surface area contributed by atoms with Crippen LogP contribution in [0.25, 0.3) is 0 Å². The van der Waals surface area contributed by atoms with E-state index in [2.05, 4.69) is 104 Å². The van der Waals surface area contributed by atoms with Crippen LogP contribution in [0, 0.1) is 0 Å². The summed E-state index contributed by atoms with van der Waals surface area (Å²) in [6, 6.07) is -0.890. The van der Waals surface area contributed by atoms with Crippen molar-refractivity contribution in [2.24, 2.45) is 0 Å².